The van der Waals surface area contributed by atoms with E-state index in [1.54, 1.807) is 6.20 Å². The van der Waals surface area contributed by atoms with Crippen molar-refractivity contribution >= 4 is 11.0 Å². The van der Waals surface area contributed by atoms with Crippen LogP contribution < -0.4 is 0 Å². The van der Waals surface area contributed by atoms with Crippen molar-refractivity contribution in [3.63, 3.8) is 0 Å². The predicted molar refractivity (Wildman–Crippen MR) is 52.2 cm³/mol. The SMILES string of the molecule is CC.Cc1cc2cccnc2[nH]1. The first-order valence-corrected chi connectivity index (χ1v) is 4.26. The summed E-state index contributed by atoms with van der Waals surface area (Å²) in [4.78, 5) is 7.29. The van der Waals surface area contributed by atoms with Crippen LogP contribution in [-0.4, -0.2) is 9.97 Å². The molecule has 0 radical (unpaired) electrons. The van der Waals surface area contributed by atoms with E-state index in [-0.39, 0.29) is 0 Å². The van der Waals surface area contributed by atoms with Crippen molar-refractivity contribution in [2.75, 3.05) is 0 Å². The van der Waals surface area contributed by atoms with E-state index in [4.69, 9.17) is 0 Å². The summed E-state index contributed by atoms with van der Waals surface area (Å²) in [5.74, 6) is 0. The molecule has 2 heteroatoms. The highest BCUT2D eigenvalue weighted by atomic mass is 14.8. The second-order valence-electron chi connectivity index (χ2n) is 2.39. The van der Waals surface area contributed by atoms with Crippen molar-refractivity contribution in [1.82, 2.24) is 9.97 Å². The van der Waals surface area contributed by atoms with E-state index < -0.39 is 0 Å². The van der Waals surface area contributed by atoms with Crippen molar-refractivity contribution in [2.24, 2.45) is 0 Å². The van der Waals surface area contributed by atoms with Gasteiger partial charge >= 0.3 is 0 Å². The molecule has 0 aliphatic rings. The number of fused-ring (bicyclic) bond motifs is 1. The Morgan fingerprint density at radius 1 is 1.33 bits per heavy atom. The Bertz CT molecular complexity index is 316. The highest BCUT2D eigenvalue weighted by molar-refractivity contribution is 5.75. The minimum absolute atomic E-state index is 0.972. The minimum atomic E-state index is 0.972. The number of hydrogen-bond donors (Lipinski definition) is 1. The van der Waals surface area contributed by atoms with Gasteiger partial charge in [0.15, 0.2) is 0 Å². The van der Waals surface area contributed by atoms with Gasteiger partial charge < -0.3 is 4.98 Å². The van der Waals surface area contributed by atoms with Gasteiger partial charge in [-0.2, -0.15) is 0 Å². The predicted octanol–water partition coefficient (Wildman–Crippen LogP) is 2.90. The molecule has 0 saturated carbocycles. The molecular weight excluding hydrogens is 148 g/mol. The minimum Gasteiger partial charge on any atom is -0.344 e. The number of aromatic nitrogens is 2. The molecule has 2 rings (SSSR count). The summed E-state index contributed by atoms with van der Waals surface area (Å²) < 4.78 is 0. The molecule has 12 heavy (non-hydrogen) atoms. The fraction of sp³-hybridized carbons (Fsp3) is 0.300. The van der Waals surface area contributed by atoms with Crippen LogP contribution in [0.15, 0.2) is 24.4 Å². The number of aryl methyl sites for hydroxylation is 1. The molecule has 2 nitrogen and oxygen atoms in total. The van der Waals surface area contributed by atoms with E-state index in [0.717, 1.165) is 11.3 Å². The molecule has 0 amide bonds. The summed E-state index contributed by atoms with van der Waals surface area (Å²) in [6.45, 7) is 6.03. The molecule has 0 unspecified atom stereocenters. The standard InChI is InChI=1S/C8H8N2.C2H6/c1-6-5-7-3-2-4-9-8(7)10-6;1-2/h2-5H,1H3,(H,9,10);1-2H3. The summed E-state index contributed by atoms with van der Waals surface area (Å²) in [6.07, 6.45) is 1.79. The van der Waals surface area contributed by atoms with Crippen LogP contribution in [0.4, 0.5) is 0 Å². The third-order valence-electron chi connectivity index (χ3n) is 1.53. The highest BCUT2D eigenvalue weighted by Gasteiger charge is 1.93. The molecule has 0 aliphatic heterocycles. The molecule has 0 atom stereocenters. The Labute approximate surface area is 72.6 Å². The van der Waals surface area contributed by atoms with Crippen molar-refractivity contribution in [1.29, 1.82) is 0 Å². The zero-order valence-electron chi connectivity index (χ0n) is 7.76. The lowest BCUT2D eigenvalue weighted by Gasteiger charge is -1.82. The summed E-state index contributed by atoms with van der Waals surface area (Å²) in [6, 6.07) is 6.07. The molecule has 2 aromatic rings. The summed E-state index contributed by atoms with van der Waals surface area (Å²) in [5.41, 5.74) is 2.13. The van der Waals surface area contributed by atoms with Crippen molar-refractivity contribution in [2.45, 2.75) is 20.8 Å². The molecule has 0 bridgehead atoms. The third-order valence-corrected chi connectivity index (χ3v) is 1.53. The first-order valence-electron chi connectivity index (χ1n) is 4.26. The maximum atomic E-state index is 4.15. The molecule has 2 heterocycles. The molecule has 2 aromatic heterocycles. The lowest BCUT2D eigenvalue weighted by molar-refractivity contribution is 1.25. The van der Waals surface area contributed by atoms with E-state index in [0.29, 0.717) is 0 Å². The fourth-order valence-corrected chi connectivity index (χ4v) is 1.09. The normalized spacial score (nSPS) is 9.25. The van der Waals surface area contributed by atoms with E-state index in [1.165, 1.54) is 5.39 Å². The van der Waals surface area contributed by atoms with Crippen LogP contribution in [0.5, 0.6) is 0 Å². The van der Waals surface area contributed by atoms with Gasteiger partial charge in [0.05, 0.1) is 0 Å². The van der Waals surface area contributed by atoms with Crippen LogP contribution in [0.25, 0.3) is 11.0 Å². The first kappa shape index (κ1) is 8.78. The monoisotopic (exact) mass is 162 g/mol. The zero-order chi connectivity index (χ0) is 8.97. The van der Waals surface area contributed by atoms with E-state index >= 15 is 0 Å². The average Bonchev–Trinajstić information content (AvgIpc) is 2.48. The van der Waals surface area contributed by atoms with Gasteiger partial charge in [-0.1, -0.05) is 13.8 Å². The smallest absolute Gasteiger partial charge is 0.137 e. The Hall–Kier alpha value is -1.31. The van der Waals surface area contributed by atoms with Crippen molar-refractivity contribution < 1.29 is 0 Å². The first-order chi connectivity index (χ1) is 5.86. The molecule has 0 fully saturated rings. The van der Waals surface area contributed by atoms with E-state index in [2.05, 4.69) is 16.0 Å². The van der Waals surface area contributed by atoms with Crippen molar-refractivity contribution in [3.05, 3.63) is 30.1 Å². The Morgan fingerprint density at radius 3 is 2.75 bits per heavy atom. The number of nitrogens with zero attached hydrogens (tertiary/aromatic N) is 1. The van der Waals surface area contributed by atoms with Crippen LogP contribution >= 0.6 is 0 Å². The molecule has 0 aromatic carbocycles. The Morgan fingerprint density at radius 2 is 2.08 bits per heavy atom. The molecule has 0 spiro atoms. The summed E-state index contributed by atoms with van der Waals surface area (Å²) in [7, 11) is 0. The van der Waals surface area contributed by atoms with Crippen LogP contribution in [0.1, 0.15) is 19.5 Å². The van der Waals surface area contributed by atoms with Crippen LogP contribution in [0.3, 0.4) is 0 Å². The number of rotatable bonds is 0. The van der Waals surface area contributed by atoms with Gasteiger partial charge in [0.2, 0.25) is 0 Å². The quantitative estimate of drug-likeness (QED) is 0.634. The van der Waals surface area contributed by atoms with Crippen LogP contribution in [0, 0.1) is 6.92 Å². The van der Waals surface area contributed by atoms with Gasteiger partial charge in [-0.05, 0) is 25.1 Å². The zero-order valence-corrected chi connectivity index (χ0v) is 7.76. The number of aromatic amines is 1. The average molecular weight is 162 g/mol. The van der Waals surface area contributed by atoms with Crippen LogP contribution in [0.2, 0.25) is 0 Å². The Balaban J connectivity index is 0.000000336. The third kappa shape index (κ3) is 1.64. The van der Waals surface area contributed by atoms with Gasteiger partial charge in [-0.25, -0.2) is 4.98 Å². The number of pyridine rings is 1. The fourth-order valence-electron chi connectivity index (χ4n) is 1.09. The maximum absolute atomic E-state index is 4.15. The molecule has 64 valence electrons. The van der Waals surface area contributed by atoms with Crippen molar-refractivity contribution in [3.8, 4) is 0 Å². The van der Waals surface area contributed by atoms with E-state index in [9.17, 15) is 0 Å². The number of hydrogen-bond acceptors (Lipinski definition) is 1. The number of nitrogens with one attached hydrogen (secondary N) is 1. The van der Waals surface area contributed by atoms with E-state index in [1.807, 2.05) is 32.9 Å². The highest BCUT2D eigenvalue weighted by Crippen LogP contribution is 2.10. The second-order valence-corrected chi connectivity index (χ2v) is 2.39. The molecule has 0 aliphatic carbocycles. The molecular formula is C10H14N2. The van der Waals surface area contributed by atoms with Crippen LogP contribution in [-0.2, 0) is 0 Å². The summed E-state index contributed by atoms with van der Waals surface area (Å²) in [5, 5.41) is 1.18. The molecule has 0 saturated heterocycles. The lowest BCUT2D eigenvalue weighted by atomic mass is 10.3. The largest absolute Gasteiger partial charge is 0.344 e. The number of H-pyrrole nitrogens is 1. The van der Waals surface area contributed by atoms with Gasteiger partial charge in [-0.15, -0.1) is 0 Å². The Kier molecular flexibility index (Phi) is 2.86. The maximum Gasteiger partial charge on any atom is 0.137 e. The summed E-state index contributed by atoms with van der Waals surface area (Å²) >= 11 is 0. The van der Waals surface area contributed by atoms with Gasteiger partial charge in [0.1, 0.15) is 5.65 Å². The van der Waals surface area contributed by atoms with Gasteiger partial charge in [-0.3, -0.25) is 0 Å². The lowest BCUT2D eigenvalue weighted by Crippen LogP contribution is -1.72. The second kappa shape index (κ2) is 3.90. The van der Waals surface area contributed by atoms with Gasteiger partial charge in [0, 0.05) is 17.3 Å². The topological polar surface area (TPSA) is 28.7 Å². The van der Waals surface area contributed by atoms with Gasteiger partial charge in [0.25, 0.3) is 0 Å². The molecule has 1 N–H and O–H groups in total.